The molecular formula is C21H14ClNO4. The van der Waals surface area contributed by atoms with E-state index in [0.29, 0.717) is 27.4 Å². The van der Waals surface area contributed by atoms with Gasteiger partial charge in [0.05, 0.1) is 5.39 Å². The number of fused-ring (bicyclic) bond motifs is 3. The molecule has 134 valence electrons. The summed E-state index contributed by atoms with van der Waals surface area (Å²) in [6.45, 7) is -0.175. The Labute approximate surface area is 159 Å². The fourth-order valence-corrected chi connectivity index (χ4v) is 2.96. The molecule has 3 aromatic carbocycles. The summed E-state index contributed by atoms with van der Waals surface area (Å²) in [5.74, 6) is 0.129. The number of amides is 1. The number of anilines is 1. The maximum Gasteiger partial charge on any atom is 0.344 e. The van der Waals surface area contributed by atoms with Gasteiger partial charge in [0.2, 0.25) is 0 Å². The molecule has 4 aromatic rings. The first kappa shape index (κ1) is 17.1. The summed E-state index contributed by atoms with van der Waals surface area (Å²) in [7, 11) is 0. The molecule has 1 amide bonds. The van der Waals surface area contributed by atoms with Gasteiger partial charge in [-0.25, -0.2) is 4.79 Å². The Balaban J connectivity index is 1.52. The maximum atomic E-state index is 12.1. The molecule has 0 fully saturated rings. The molecule has 0 unspecified atom stereocenters. The molecule has 0 aliphatic heterocycles. The number of carbonyl (C=O) groups excluding carboxylic acids is 1. The van der Waals surface area contributed by atoms with Crippen molar-refractivity contribution in [2.45, 2.75) is 0 Å². The Hall–Kier alpha value is -3.31. The molecule has 1 heterocycles. The highest BCUT2D eigenvalue weighted by molar-refractivity contribution is 6.30. The fraction of sp³-hybridized carbons (Fsp3) is 0.0476. The quantitative estimate of drug-likeness (QED) is 0.415. The average Bonchev–Trinajstić information content (AvgIpc) is 2.68. The summed E-state index contributed by atoms with van der Waals surface area (Å²) in [6.07, 6.45) is 0. The highest BCUT2D eigenvalue weighted by Crippen LogP contribution is 2.26. The smallest absolute Gasteiger partial charge is 0.344 e. The highest BCUT2D eigenvalue weighted by atomic mass is 35.5. The van der Waals surface area contributed by atoms with E-state index in [1.54, 1.807) is 48.5 Å². The Morgan fingerprint density at radius 1 is 0.963 bits per heavy atom. The van der Waals surface area contributed by atoms with Crippen LogP contribution < -0.4 is 15.7 Å². The first-order valence-electron chi connectivity index (χ1n) is 8.24. The van der Waals surface area contributed by atoms with Crippen LogP contribution in [0.15, 0.2) is 75.9 Å². The van der Waals surface area contributed by atoms with Crippen LogP contribution in [0.1, 0.15) is 0 Å². The number of hydrogen-bond acceptors (Lipinski definition) is 4. The molecule has 0 radical (unpaired) electrons. The zero-order chi connectivity index (χ0) is 18.8. The van der Waals surface area contributed by atoms with E-state index in [4.69, 9.17) is 20.8 Å². The minimum Gasteiger partial charge on any atom is -0.484 e. The van der Waals surface area contributed by atoms with Gasteiger partial charge in [-0.2, -0.15) is 0 Å². The van der Waals surface area contributed by atoms with E-state index in [0.717, 1.165) is 10.8 Å². The van der Waals surface area contributed by atoms with E-state index in [9.17, 15) is 9.59 Å². The van der Waals surface area contributed by atoms with Crippen molar-refractivity contribution in [3.8, 4) is 5.75 Å². The van der Waals surface area contributed by atoms with Crippen LogP contribution in [0.4, 0.5) is 5.69 Å². The van der Waals surface area contributed by atoms with Gasteiger partial charge in [-0.1, -0.05) is 29.8 Å². The van der Waals surface area contributed by atoms with E-state index in [-0.39, 0.29) is 12.5 Å². The number of ether oxygens (including phenoxy) is 1. The van der Waals surface area contributed by atoms with E-state index < -0.39 is 5.63 Å². The van der Waals surface area contributed by atoms with Crippen molar-refractivity contribution in [2.24, 2.45) is 0 Å². The van der Waals surface area contributed by atoms with Gasteiger partial charge in [-0.15, -0.1) is 0 Å². The molecule has 0 aliphatic carbocycles. The number of rotatable bonds is 4. The van der Waals surface area contributed by atoms with Gasteiger partial charge < -0.3 is 14.5 Å². The summed E-state index contributed by atoms with van der Waals surface area (Å²) in [5.41, 5.74) is 0.633. The third kappa shape index (κ3) is 3.64. The second-order valence-electron chi connectivity index (χ2n) is 5.94. The van der Waals surface area contributed by atoms with Crippen molar-refractivity contribution in [3.63, 3.8) is 0 Å². The summed E-state index contributed by atoms with van der Waals surface area (Å²) >= 11 is 5.82. The molecule has 27 heavy (non-hydrogen) atoms. The van der Waals surface area contributed by atoms with Crippen molar-refractivity contribution in [2.75, 3.05) is 11.9 Å². The predicted octanol–water partition coefficient (Wildman–Crippen LogP) is 4.62. The first-order chi connectivity index (χ1) is 13.1. The molecule has 0 bridgehead atoms. The van der Waals surface area contributed by atoms with Gasteiger partial charge in [0.15, 0.2) is 6.61 Å². The molecule has 0 saturated heterocycles. The minimum atomic E-state index is -0.407. The van der Waals surface area contributed by atoms with Crippen molar-refractivity contribution >= 4 is 44.9 Å². The fourth-order valence-electron chi connectivity index (χ4n) is 2.83. The second kappa shape index (κ2) is 7.13. The van der Waals surface area contributed by atoms with Crippen LogP contribution in [0.25, 0.3) is 21.7 Å². The lowest BCUT2D eigenvalue weighted by Gasteiger charge is -2.09. The number of carbonyl (C=O) groups is 1. The van der Waals surface area contributed by atoms with Gasteiger partial charge in [0, 0.05) is 22.2 Å². The van der Waals surface area contributed by atoms with Gasteiger partial charge in [-0.3, -0.25) is 4.79 Å². The number of hydrogen-bond donors (Lipinski definition) is 1. The van der Waals surface area contributed by atoms with Crippen molar-refractivity contribution in [1.82, 2.24) is 0 Å². The van der Waals surface area contributed by atoms with Crippen LogP contribution in [-0.2, 0) is 4.79 Å². The molecule has 1 aromatic heterocycles. The molecule has 1 N–H and O–H groups in total. The third-order valence-electron chi connectivity index (χ3n) is 4.09. The Kier molecular flexibility index (Phi) is 4.52. The number of nitrogens with one attached hydrogen (secondary N) is 1. The molecular weight excluding hydrogens is 366 g/mol. The monoisotopic (exact) mass is 379 g/mol. The number of halogens is 1. The van der Waals surface area contributed by atoms with Crippen LogP contribution in [0.2, 0.25) is 5.02 Å². The normalized spacial score (nSPS) is 10.9. The van der Waals surface area contributed by atoms with Gasteiger partial charge in [0.25, 0.3) is 5.91 Å². The highest BCUT2D eigenvalue weighted by Gasteiger charge is 2.09. The molecule has 0 aliphatic rings. The molecule has 5 nitrogen and oxygen atoms in total. The lowest BCUT2D eigenvalue weighted by atomic mass is 10.1. The molecule has 6 heteroatoms. The Bertz CT molecular complexity index is 1200. The lowest BCUT2D eigenvalue weighted by molar-refractivity contribution is -0.118. The van der Waals surface area contributed by atoms with Gasteiger partial charge in [0.1, 0.15) is 11.3 Å². The number of benzene rings is 3. The lowest BCUT2D eigenvalue weighted by Crippen LogP contribution is -2.20. The first-order valence-corrected chi connectivity index (χ1v) is 8.62. The van der Waals surface area contributed by atoms with E-state index in [2.05, 4.69) is 5.32 Å². The standard InChI is InChI=1S/C21H14ClNO4/c22-13-5-7-14(8-6-13)23-20(24)12-26-15-9-10-17-16-3-1-2-4-18(16)21(25)27-19(17)11-15/h1-11H,12H2,(H,23,24). The average molecular weight is 380 g/mol. The van der Waals surface area contributed by atoms with Crippen molar-refractivity contribution in [3.05, 3.63) is 82.2 Å². The Morgan fingerprint density at radius 2 is 1.70 bits per heavy atom. The van der Waals surface area contributed by atoms with Gasteiger partial charge in [-0.05, 0) is 47.9 Å². The van der Waals surface area contributed by atoms with Crippen LogP contribution in [0.3, 0.4) is 0 Å². The van der Waals surface area contributed by atoms with E-state index in [1.807, 2.05) is 18.2 Å². The van der Waals surface area contributed by atoms with Crippen LogP contribution in [0, 0.1) is 0 Å². The second-order valence-corrected chi connectivity index (χ2v) is 6.37. The summed E-state index contributed by atoms with van der Waals surface area (Å²) in [6, 6.07) is 19.2. The largest absolute Gasteiger partial charge is 0.484 e. The zero-order valence-corrected chi connectivity index (χ0v) is 14.8. The Morgan fingerprint density at radius 3 is 2.48 bits per heavy atom. The minimum absolute atomic E-state index is 0.175. The van der Waals surface area contributed by atoms with Crippen molar-refractivity contribution < 1.29 is 13.9 Å². The topological polar surface area (TPSA) is 68.5 Å². The summed E-state index contributed by atoms with van der Waals surface area (Å²) < 4.78 is 10.9. The maximum absolute atomic E-state index is 12.1. The molecule has 0 saturated carbocycles. The van der Waals surface area contributed by atoms with E-state index in [1.165, 1.54) is 0 Å². The van der Waals surface area contributed by atoms with Crippen LogP contribution >= 0.6 is 11.6 Å². The third-order valence-corrected chi connectivity index (χ3v) is 4.34. The zero-order valence-electron chi connectivity index (χ0n) is 14.1. The van der Waals surface area contributed by atoms with Gasteiger partial charge >= 0.3 is 5.63 Å². The molecule has 0 spiro atoms. The summed E-state index contributed by atoms with van der Waals surface area (Å²) in [4.78, 5) is 24.1. The summed E-state index contributed by atoms with van der Waals surface area (Å²) in [5, 5.41) is 5.46. The van der Waals surface area contributed by atoms with Crippen LogP contribution in [0.5, 0.6) is 5.75 Å². The predicted molar refractivity (Wildman–Crippen MR) is 106 cm³/mol. The molecule has 4 rings (SSSR count). The van der Waals surface area contributed by atoms with Crippen molar-refractivity contribution in [1.29, 1.82) is 0 Å². The molecule has 0 atom stereocenters. The SMILES string of the molecule is O=C(COc1ccc2c(c1)oc(=O)c1ccccc12)Nc1ccc(Cl)cc1. The van der Waals surface area contributed by atoms with Crippen LogP contribution in [-0.4, -0.2) is 12.5 Å². The van der Waals surface area contributed by atoms with E-state index >= 15 is 0 Å².